The second-order valence-corrected chi connectivity index (χ2v) is 13.9. The Morgan fingerprint density at radius 2 is 1.73 bits per heavy atom. The Kier molecular flexibility index (Phi) is 6.22. The molecule has 12 atom stereocenters. The molecule has 1 heterocycles. The van der Waals surface area contributed by atoms with Gasteiger partial charge >= 0.3 is 0 Å². The quantitative estimate of drug-likeness (QED) is 0.531. The van der Waals surface area contributed by atoms with E-state index in [1.807, 2.05) is 0 Å². The summed E-state index contributed by atoms with van der Waals surface area (Å²) >= 11 is 1.16. The number of aliphatic hydroxyl groups excluding tert-OH is 2. The van der Waals surface area contributed by atoms with Gasteiger partial charge in [0.1, 0.15) is 0 Å². The first-order chi connectivity index (χ1) is 15.6. The molecule has 33 heavy (non-hydrogen) atoms. The van der Waals surface area contributed by atoms with Crippen LogP contribution in [-0.4, -0.2) is 38.8 Å². The summed E-state index contributed by atoms with van der Waals surface area (Å²) in [5.41, 5.74) is 0.425. The molecule has 0 aromatic heterocycles. The van der Waals surface area contributed by atoms with Crippen molar-refractivity contribution in [3.8, 4) is 0 Å². The van der Waals surface area contributed by atoms with Gasteiger partial charge in [-0.05, 0) is 104 Å². The molecule has 5 nitrogen and oxygen atoms in total. The molecule has 0 radical (unpaired) electrons. The minimum absolute atomic E-state index is 0.118. The van der Waals surface area contributed by atoms with Gasteiger partial charge in [0.25, 0.3) is 5.24 Å². The van der Waals surface area contributed by atoms with Crippen LogP contribution < -0.4 is 5.32 Å². The maximum atomic E-state index is 12.2. The monoisotopic (exact) mass is 477 g/mol. The first kappa shape index (κ1) is 24.1. The molecule has 5 aliphatic rings. The van der Waals surface area contributed by atoms with Crippen molar-refractivity contribution >= 4 is 22.9 Å². The number of thioether (sulfide) groups is 1. The van der Waals surface area contributed by atoms with Crippen LogP contribution in [0.4, 0.5) is 4.79 Å². The van der Waals surface area contributed by atoms with Crippen molar-refractivity contribution in [2.75, 3.05) is 0 Å². The van der Waals surface area contributed by atoms with Gasteiger partial charge in [-0.2, -0.15) is 0 Å². The van der Waals surface area contributed by atoms with Gasteiger partial charge in [-0.3, -0.25) is 14.9 Å². The highest BCUT2D eigenvalue weighted by Crippen LogP contribution is 2.69. The Bertz CT molecular complexity index is 805. The van der Waals surface area contributed by atoms with Crippen LogP contribution in [0.3, 0.4) is 0 Å². The molecule has 1 saturated heterocycles. The molecular weight excluding hydrogens is 434 g/mol. The molecule has 186 valence electrons. The van der Waals surface area contributed by atoms with Crippen LogP contribution >= 0.6 is 11.8 Å². The maximum Gasteiger partial charge on any atom is 0.286 e. The predicted octanol–water partition coefficient (Wildman–Crippen LogP) is 4.99. The third-order valence-electron chi connectivity index (χ3n) is 11.5. The fraction of sp³-hybridized carbons (Fsp3) is 0.926. The number of carbonyl (C=O) groups is 2. The molecule has 0 spiro atoms. The van der Waals surface area contributed by atoms with E-state index in [0.29, 0.717) is 35.5 Å². The normalized spacial score (nSPS) is 52.6. The van der Waals surface area contributed by atoms with E-state index in [4.69, 9.17) is 0 Å². The third-order valence-corrected chi connectivity index (χ3v) is 12.5. The molecule has 1 aliphatic heterocycles. The summed E-state index contributed by atoms with van der Waals surface area (Å²) in [5, 5.41) is 24.3. The van der Waals surface area contributed by atoms with E-state index in [9.17, 15) is 19.8 Å². The van der Waals surface area contributed by atoms with Crippen molar-refractivity contribution in [1.29, 1.82) is 0 Å². The molecule has 0 aromatic rings. The molecule has 2 amide bonds. The molecule has 5 fully saturated rings. The fourth-order valence-electron chi connectivity index (χ4n) is 9.98. The SMILES string of the molecule is CC[C@H]1[C@@H](O)C2C(CC[C@@]3(C)[C@@H]2CC[C@@H]3[C@H](C)CC2SC(=O)NC2=O)[C@@]2(C)CC[C@@H](O)C[C@@H]12. The van der Waals surface area contributed by atoms with Crippen LogP contribution in [0, 0.1) is 52.3 Å². The van der Waals surface area contributed by atoms with E-state index in [0.717, 1.165) is 43.9 Å². The fourth-order valence-corrected chi connectivity index (χ4v) is 11.0. The minimum Gasteiger partial charge on any atom is -0.393 e. The first-order valence-corrected chi connectivity index (χ1v) is 14.4. The Hall–Kier alpha value is -0.590. The number of rotatable bonds is 4. The zero-order chi connectivity index (χ0) is 23.7. The van der Waals surface area contributed by atoms with E-state index >= 15 is 0 Å². The molecule has 4 aliphatic carbocycles. The lowest BCUT2D eigenvalue weighted by molar-refractivity contribution is -0.203. The van der Waals surface area contributed by atoms with E-state index in [2.05, 4.69) is 33.0 Å². The lowest BCUT2D eigenvalue weighted by Crippen LogP contribution is -2.62. The van der Waals surface area contributed by atoms with Gasteiger partial charge in [-0.15, -0.1) is 0 Å². The summed E-state index contributed by atoms with van der Waals surface area (Å²) < 4.78 is 0. The summed E-state index contributed by atoms with van der Waals surface area (Å²) in [4.78, 5) is 23.9. The maximum absolute atomic E-state index is 12.2. The van der Waals surface area contributed by atoms with Crippen LogP contribution in [0.15, 0.2) is 0 Å². The van der Waals surface area contributed by atoms with Crippen LogP contribution in [-0.2, 0) is 4.79 Å². The van der Waals surface area contributed by atoms with Crippen molar-refractivity contribution in [2.24, 2.45) is 52.3 Å². The summed E-state index contributed by atoms with van der Waals surface area (Å²) in [6, 6.07) is 0. The summed E-state index contributed by atoms with van der Waals surface area (Å²) in [7, 11) is 0. The van der Waals surface area contributed by atoms with Gasteiger partial charge in [0, 0.05) is 0 Å². The summed E-state index contributed by atoms with van der Waals surface area (Å²) in [5.74, 6) is 2.96. The van der Waals surface area contributed by atoms with Crippen molar-refractivity contribution in [3.63, 3.8) is 0 Å². The predicted molar refractivity (Wildman–Crippen MR) is 130 cm³/mol. The first-order valence-electron chi connectivity index (χ1n) is 13.5. The molecular formula is C27H43NO4S. The summed E-state index contributed by atoms with van der Waals surface area (Å²) in [6.07, 6.45) is 8.85. The highest BCUT2D eigenvalue weighted by atomic mass is 32.2. The van der Waals surface area contributed by atoms with Crippen LogP contribution in [0.2, 0.25) is 0 Å². The highest BCUT2D eigenvalue weighted by Gasteiger charge is 2.65. The van der Waals surface area contributed by atoms with E-state index < -0.39 is 0 Å². The van der Waals surface area contributed by atoms with Crippen molar-refractivity contribution in [3.05, 3.63) is 0 Å². The van der Waals surface area contributed by atoms with E-state index in [1.165, 1.54) is 25.7 Å². The van der Waals surface area contributed by atoms with Crippen LogP contribution in [0.1, 0.15) is 85.5 Å². The Morgan fingerprint density at radius 1 is 1.03 bits per heavy atom. The minimum atomic E-state index is -0.268. The number of aliphatic hydroxyl groups is 2. The van der Waals surface area contributed by atoms with Crippen molar-refractivity contribution in [2.45, 2.75) is 103 Å². The van der Waals surface area contributed by atoms with Gasteiger partial charge in [-0.25, -0.2) is 0 Å². The number of hydrogen-bond donors (Lipinski definition) is 3. The lowest BCUT2D eigenvalue weighted by Gasteiger charge is -2.64. The Morgan fingerprint density at radius 3 is 2.39 bits per heavy atom. The largest absolute Gasteiger partial charge is 0.393 e. The molecule has 0 aromatic carbocycles. The van der Waals surface area contributed by atoms with Crippen molar-refractivity contribution in [1.82, 2.24) is 5.32 Å². The molecule has 3 unspecified atom stereocenters. The Labute approximate surface area is 203 Å². The van der Waals surface area contributed by atoms with E-state index in [-0.39, 0.29) is 45.4 Å². The number of fused-ring (bicyclic) bond motifs is 5. The third kappa shape index (κ3) is 3.64. The van der Waals surface area contributed by atoms with Crippen LogP contribution in [0.5, 0.6) is 0 Å². The van der Waals surface area contributed by atoms with Gasteiger partial charge in [-0.1, -0.05) is 45.9 Å². The molecule has 3 N–H and O–H groups in total. The molecule has 0 bridgehead atoms. The lowest BCUT2D eigenvalue weighted by atomic mass is 9.41. The number of amides is 2. The average Bonchev–Trinajstić information content (AvgIpc) is 3.27. The van der Waals surface area contributed by atoms with Gasteiger partial charge in [0.05, 0.1) is 17.5 Å². The second kappa shape index (κ2) is 8.51. The number of nitrogens with one attached hydrogen (secondary N) is 1. The number of hydrogen-bond acceptors (Lipinski definition) is 5. The van der Waals surface area contributed by atoms with Gasteiger partial charge in [0.15, 0.2) is 0 Å². The van der Waals surface area contributed by atoms with Gasteiger partial charge in [0.2, 0.25) is 5.91 Å². The average molecular weight is 478 g/mol. The zero-order valence-corrected chi connectivity index (χ0v) is 21.6. The van der Waals surface area contributed by atoms with Crippen LogP contribution in [0.25, 0.3) is 0 Å². The molecule has 6 heteroatoms. The van der Waals surface area contributed by atoms with E-state index in [1.54, 1.807) is 0 Å². The van der Waals surface area contributed by atoms with Crippen molar-refractivity contribution < 1.29 is 19.8 Å². The standard InChI is InChI=1S/C27H43NO4S/c1-5-16-20-13-15(29)8-10-27(20,4)19-9-11-26(3)17(6-7-18(26)22(19)23(16)30)14(2)12-21-24(31)28-25(32)33-21/h14-23,29-30H,5-13H2,1-4H3,(H,28,31,32)/t14-,15-,16-,17-,18-,19?,20+,21?,22?,23-,26-,27-/m1/s1. The van der Waals surface area contributed by atoms with Gasteiger partial charge < -0.3 is 10.2 Å². The number of imide groups is 1. The Balaban J connectivity index is 1.39. The summed E-state index contributed by atoms with van der Waals surface area (Å²) in [6.45, 7) is 9.47. The smallest absolute Gasteiger partial charge is 0.286 e. The highest BCUT2D eigenvalue weighted by molar-refractivity contribution is 8.15. The zero-order valence-electron chi connectivity index (χ0n) is 20.8. The topological polar surface area (TPSA) is 86.6 Å². The number of carbonyl (C=O) groups excluding carboxylic acids is 2. The molecule has 5 rings (SSSR count). The molecule has 4 saturated carbocycles. The second-order valence-electron chi connectivity index (χ2n) is 12.7.